The molecule has 1 aliphatic rings. The molecule has 92 valence electrons. The highest BCUT2D eigenvalue weighted by atomic mass is 16.5. The molecular formula is C10H18N2O4. The van der Waals surface area contributed by atoms with E-state index in [1.54, 1.807) is 7.11 Å². The maximum atomic E-state index is 11.7. The van der Waals surface area contributed by atoms with E-state index in [1.807, 2.05) is 0 Å². The van der Waals surface area contributed by atoms with Gasteiger partial charge in [0.25, 0.3) is 0 Å². The van der Waals surface area contributed by atoms with Crippen molar-refractivity contribution >= 4 is 11.9 Å². The van der Waals surface area contributed by atoms with Crippen LogP contribution in [0.25, 0.3) is 0 Å². The van der Waals surface area contributed by atoms with E-state index in [-0.39, 0.29) is 12.5 Å². The van der Waals surface area contributed by atoms with E-state index in [4.69, 9.17) is 9.84 Å². The Labute approximate surface area is 94.6 Å². The van der Waals surface area contributed by atoms with Crippen molar-refractivity contribution < 1.29 is 19.4 Å². The number of ether oxygens (including phenoxy) is 1. The molecule has 1 saturated heterocycles. The Morgan fingerprint density at radius 3 is 2.94 bits per heavy atom. The van der Waals surface area contributed by atoms with Gasteiger partial charge in [-0.1, -0.05) is 0 Å². The fraction of sp³-hybridized carbons (Fsp3) is 0.800. The molecule has 0 aromatic rings. The molecule has 6 heteroatoms. The van der Waals surface area contributed by atoms with Gasteiger partial charge in [0.1, 0.15) is 6.04 Å². The Bertz CT molecular complexity index is 257. The van der Waals surface area contributed by atoms with Crippen molar-refractivity contribution in [3.05, 3.63) is 0 Å². The van der Waals surface area contributed by atoms with Crippen LogP contribution in [0, 0.1) is 0 Å². The van der Waals surface area contributed by atoms with Gasteiger partial charge in [0.15, 0.2) is 0 Å². The van der Waals surface area contributed by atoms with E-state index in [0.29, 0.717) is 26.1 Å². The molecule has 0 aromatic carbocycles. The molecule has 2 N–H and O–H groups in total. The molecular weight excluding hydrogens is 212 g/mol. The zero-order valence-corrected chi connectivity index (χ0v) is 9.44. The summed E-state index contributed by atoms with van der Waals surface area (Å²) < 4.78 is 4.83. The van der Waals surface area contributed by atoms with E-state index in [1.165, 1.54) is 4.90 Å². The Morgan fingerprint density at radius 2 is 2.31 bits per heavy atom. The number of nitrogens with one attached hydrogen (secondary N) is 1. The molecule has 6 nitrogen and oxygen atoms in total. The first kappa shape index (κ1) is 12.9. The summed E-state index contributed by atoms with van der Waals surface area (Å²) in [5, 5.41) is 11.8. The van der Waals surface area contributed by atoms with Gasteiger partial charge in [0.05, 0.1) is 13.2 Å². The lowest BCUT2D eigenvalue weighted by molar-refractivity contribution is -0.147. The summed E-state index contributed by atoms with van der Waals surface area (Å²) in [4.78, 5) is 24.0. The smallest absolute Gasteiger partial charge is 0.326 e. The van der Waals surface area contributed by atoms with Crippen LogP contribution in [-0.4, -0.2) is 61.3 Å². The lowest BCUT2D eigenvalue weighted by Gasteiger charge is -2.21. The number of likely N-dealkylation sites (tertiary alicyclic amines) is 1. The Hall–Kier alpha value is -1.14. The number of methoxy groups -OCH3 is 1. The number of rotatable bonds is 6. The fourth-order valence-corrected chi connectivity index (χ4v) is 1.79. The van der Waals surface area contributed by atoms with E-state index < -0.39 is 12.0 Å². The Kier molecular flexibility index (Phi) is 5.21. The lowest BCUT2D eigenvalue weighted by Crippen LogP contribution is -2.44. The van der Waals surface area contributed by atoms with Gasteiger partial charge < -0.3 is 20.1 Å². The van der Waals surface area contributed by atoms with Crippen molar-refractivity contribution in [2.45, 2.75) is 18.9 Å². The number of hydrogen-bond acceptors (Lipinski definition) is 4. The molecule has 1 atom stereocenters. The SMILES string of the molecule is COCCNCC(=O)N1CCCC1C(=O)O. The van der Waals surface area contributed by atoms with E-state index >= 15 is 0 Å². The van der Waals surface area contributed by atoms with Crippen LogP contribution in [0.5, 0.6) is 0 Å². The van der Waals surface area contributed by atoms with Gasteiger partial charge in [-0.15, -0.1) is 0 Å². The standard InChI is InChI=1S/C10H18N2O4/c1-16-6-4-11-7-9(13)12-5-2-3-8(12)10(14)15/h8,11H,2-7H2,1H3,(H,14,15). The van der Waals surface area contributed by atoms with E-state index in [9.17, 15) is 9.59 Å². The number of nitrogens with zero attached hydrogens (tertiary/aromatic N) is 1. The maximum Gasteiger partial charge on any atom is 0.326 e. The van der Waals surface area contributed by atoms with Crippen LogP contribution in [-0.2, 0) is 14.3 Å². The monoisotopic (exact) mass is 230 g/mol. The molecule has 1 rings (SSSR count). The largest absolute Gasteiger partial charge is 0.480 e. The molecule has 0 spiro atoms. The summed E-state index contributed by atoms with van der Waals surface area (Å²) >= 11 is 0. The molecule has 1 unspecified atom stereocenters. The molecule has 0 radical (unpaired) electrons. The third-order valence-electron chi connectivity index (χ3n) is 2.62. The number of carbonyl (C=O) groups is 2. The summed E-state index contributed by atoms with van der Waals surface area (Å²) in [5.74, 6) is -1.07. The summed E-state index contributed by atoms with van der Waals surface area (Å²) in [6.45, 7) is 1.85. The van der Waals surface area contributed by atoms with Crippen molar-refractivity contribution in [1.29, 1.82) is 0 Å². The first-order chi connectivity index (χ1) is 7.66. The number of hydrogen-bond donors (Lipinski definition) is 2. The third-order valence-corrected chi connectivity index (χ3v) is 2.62. The molecule has 1 heterocycles. The number of carbonyl (C=O) groups excluding carboxylic acids is 1. The molecule has 1 fully saturated rings. The van der Waals surface area contributed by atoms with Crippen molar-refractivity contribution in [1.82, 2.24) is 10.2 Å². The first-order valence-electron chi connectivity index (χ1n) is 5.38. The van der Waals surface area contributed by atoms with Crippen LogP contribution >= 0.6 is 0 Å². The summed E-state index contributed by atoms with van der Waals surface area (Å²) in [5.41, 5.74) is 0. The topological polar surface area (TPSA) is 78.9 Å². The van der Waals surface area contributed by atoms with Crippen LogP contribution < -0.4 is 5.32 Å². The Balaban J connectivity index is 2.32. The molecule has 1 aliphatic heterocycles. The second kappa shape index (κ2) is 6.44. The van der Waals surface area contributed by atoms with Gasteiger partial charge in [-0.3, -0.25) is 4.79 Å². The second-order valence-electron chi connectivity index (χ2n) is 3.75. The minimum atomic E-state index is -0.914. The summed E-state index contributed by atoms with van der Waals surface area (Å²) in [6, 6.07) is -0.642. The van der Waals surface area contributed by atoms with Gasteiger partial charge in [0, 0.05) is 20.2 Å². The normalized spacial score (nSPS) is 20.1. The summed E-state index contributed by atoms with van der Waals surface area (Å²) in [7, 11) is 1.59. The maximum absolute atomic E-state index is 11.7. The van der Waals surface area contributed by atoms with Crippen molar-refractivity contribution in [3.8, 4) is 0 Å². The minimum absolute atomic E-state index is 0.152. The van der Waals surface area contributed by atoms with E-state index in [2.05, 4.69) is 5.32 Å². The minimum Gasteiger partial charge on any atom is -0.480 e. The van der Waals surface area contributed by atoms with Gasteiger partial charge in [-0.05, 0) is 12.8 Å². The number of carboxylic acids is 1. The van der Waals surface area contributed by atoms with Crippen LogP contribution in [0.1, 0.15) is 12.8 Å². The Morgan fingerprint density at radius 1 is 1.56 bits per heavy atom. The summed E-state index contributed by atoms with van der Waals surface area (Å²) in [6.07, 6.45) is 1.32. The quantitative estimate of drug-likeness (QED) is 0.590. The van der Waals surface area contributed by atoms with Crippen LogP contribution in [0.4, 0.5) is 0 Å². The first-order valence-corrected chi connectivity index (χ1v) is 5.38. The molecule has 0 saturated carbocycles. The molecule has 1 amide bonds. The zero-order chi connectivity index (χ0) is 12.0. The average molecular weight is 230 g/mol. The van der Waals surface area contributed by atoms with Gasteiger partial charge >= 0.3 is 5.97 Å². The van der Waals surface area contributed by atoms with Gasteiger partial charge in [-0.25, -0.2) is 4.79 Å². The predicted octanol–water partition coefficient (Wildman–Crippen LogP) is -0.702. The van der Waals surface area contributed by atoms with Gasteiger partial charge in [0.2, 0.25) is 5.91 Å². The molecule has 0 aromatic heterocycles. The number of amides is 1. The highest BCUT2D eigenvalue weighted by Crippen LogP contribution is 2.16. The predicted molar refractivity (Wildman–Crippen MR) is 57.1 cm³/mol. The van der Waals surface area contributed by atoms with Crippen molar-refractivity contribution in [2.75, 3.05) is 33.4 Å². The van der Waals surface area contributed by atoms with Crippen LogP contribution in [0.3, 0.4) is 0 Å². The van der Waals surface area contributed by atoms with Crippen molar-refractivity contribution in [2.24, 2.45) is 0 Å². The highest BCUT2D eigenvalue weighted by molar-refractivity contribution is 5.85. The van der Waals surface area contributed by atoms with Crippen molar-refractivity contribution in [3.63, 3.8) is 0 Å². The third kappa shape index (κ3) is 3.46. The number of aliphatic carboxylic acids is 1. The number of carboxylic acid groups (broad SMARTS) is 1. The van der Waals surface area contributed by atoms with Crippen LogP contribution in [0.15, 0.2) is 0 Å². The molecule has 0 aliphatic carbocycles. The fourth-order valence-electron chi connectivity index (χ4n) is 1.79. The molecule has 16 heavy (non-hydrogen) atoms. The van der Waals surface area contributed by atoms with Gasteiger partial charge in [-0.2, -0.15) is 0 Å². The zero-order valence-electron chi connectivity index (χ0n) is 9.44. The van der Waals surface area contributed by atoms with E-state index in [0.717, 1.165) is 6.42 Å². The molecule has 0 bridgehead atoms. The lowest BCUT2D eigenvalue weighted by atomic mass is 10.2. The highest BCUT2D eigenvalue weighted by Gasteiger charge is 2.33. The second-order valence-corrected chi connectivity index (χ2v) is 3.75. The average Bonchev–Trinajstić information content (AvgIpc) is 2.73. The van der Waals surface area contributed by atoms with Crippen LogP contribution in [0.2, 0.25) is 0 Å².